The van der Waals surface area contributed by atoms with Crippen LogP contribution in [0.15, 0.2) is 36.5 Å². The van der Waals surface area contributed by atoms with Gasteiger partial charge in [0.15, 0.2) is 6.29 Å². The monoisotopic (exact) mass is 429 g/mol. The van der Waals surface area contributed by atoms with E-state index in [-0.39, 0.29) is 18.7 Å². The molecule has 4 heterocycles. The summed E-state index contributed by atoms with van der Waals surface area (Å²) in [6, 6.07) is 9.86. The Morgan fingerprint density at radius 3 is 2.70 bits per heavy atom. The summed E-state index contributed by atoms with van der Waals surface area (Å²) < 4.78 is 25.8. The molecule has 30 heavy (non-hydrogen) atoms. The van der Waals surface area contributed by atoms with Crippen LogP contribution in [0, 0.1) is 0 Å². The van der Waals surface area contributed by atoms with Crippen molar-refractivity contribution in [3.8, 4) is 11.1 Å². The second kappa shape index (κ2) is 8.20. The van der Waals surface area contributed by atoms with E-state index in [0.717, 1.165) is 33.1 Å². The lowest BCUT2D eigenvalue weighted by atomic mass is 10.0. The van der Waals surface area contributed by atoms with E-state index in [1.54, 1.807) is 6.20 Å². The summed E-state index contributed by atoms with van der Waals surface area (Å²) in [5.41, 5.74) is 3.43. The summed E-state index contributed by atoms with van der Waals surface area (Å²) in [6.07, 6.45) is 2.66. The lowest BCUT2D eigenvalue weighted by Crippen LogP contribution is -2.36. The zero-order valence-electron chi connectivity index (χ0n) is 16.5. The van der Waals surface area contributed by atoms with Crippen LogP contribution in [0.1, 0.15) is 38.6 Å². The predicted molar refractivity (Wildman–Crippen MR) is 113 cm³/mol. The highest BCUT2D eigenvalue weighted by Gasteiger charge is 2.32. The number of thiophene rings is 1. The molecule has 156 valence electrons. The van der Waals surface area contributed by atoms with Gasteiger partial charge in [0.1, 0.15) is 5.69 Å². The Hall–Kier alpha value is -2.71. The summed E-state index contributed by atoms with van der Waals surface area (Å²) in [5, 5.41) is 3.82. The van der Waals surface area contributed by atoms with Crippen LogP contribution in [0.2, 0.25) is 0 Å². The minimum absolute atomic E-state index is 0.0312. The molecule has 1 fully saturated rings. The molecule has 1 amide bonds. The average molecular weight is 429 g/mol. The van der Waals surface area contributed by atoms with Gasteiger partial charge in [0.05, 0.1) is 4.88 Å². The number of carbonyl (C=O) groups is 2. The van der Waals surface area contributed by atoms with Crippen LogP contribution in [0.5, 0.6) is 0 Å². The Morgan fingerprint density at radius 2 is 2.00 bits per heavy atom. The van der Waals surface area contributed by atoms with Crippen molar-refractivity contribution in [1.82, 2.24) is 15.2 Å². The van der Waals surface area contributed by atoms with E-state index in [0.29, 0.717) is 30.2 Å². The van der Waals surface area contributed by atoms with Gasteiger partial charge in [-0.3, -0.25) is 14.6 Å². The van der Waals surface area contributed by atoms with Crippen molar-refractivity contribution in [3.05, 3.63) is 52.7 Å². The first kappa shape index (κ1) is 20.6. The standard InChI is InChI=1S/C16H10N2O2S.C6H11F2N/c19-8-12-5-9-2-1-3-13(15(9)21-12)10-4-11-7-18-16(20)14(11)17-6-10;1-9-4-2-6(7,8)3-5-9/h1-6,8H,7H2,(H,18,20);2-5H2,1H3. The van der Waals surface area contributed by atoms with E-state index in [9.17, 15) is 18.4 Å². The summed E-state index contributed by atoms with van der Waals surface area (Å²) >= 11 is 1.47. The molecule has 0 unspecified atom stereocenters. The van der Waals surface area contributed by atoms with Crippen molar-refractivity contribution in [1.29, 1.82) is 0 Å². The van der Waals surface area contributed by atoms with Gasteiger partial charge in [-0.05, 0) is 24.6 Å². The fourth-order valence-corrected chi connectivity index (χ4v) is 4.58. The van der Waals surface area contributed by atoms with Crippen molar-refractivity contribution < 1.29 is 18.4 Å². The van der Waals surface area contributed by atoms with Crippen molar-refractivity contribution in [3.63, 3.8) is 0 Å². The van der Waals surface area contributed by atoms with Crippen LogP contribution in [0.4, 0.5) is 8.78 Å². The van der Waals surface area contributed by atoms with Gasteiger partial charge in [-0.2, -0.15) is 0 Å². The normalized spacial score (nSPS) is 17.8. The van der Waals surface area contributed by atoms with Crippen LogP contribution < -0.4 is 5.32 Å². The third-order valence-corrected chi connectivity index (χ3v) is 6.44. The van der Waals surface area contributed by atoms with E-state index in [4.69, 9.17) is 0 Å². The molecule has 0 aliphatic carbocycles. The van der Waals surface area contributed by atoms with Crippen molar-refractivity contribution >= 4 is 33.6 Å². The van der Waals surface area contributed by atoms with Crippen LogP contribution in [-0.2, 0) is 6.54 Å². The predicted octanol–water partition coefficient (Wildman–Crippen LogP) is 4.37. The van der Waals surface area contributed by atoms with Crippen LogP contribution in [0.25, 0.3) is 21.2 Å². The van der Waals surface area contributed by atoms with Gasteiger partial charge >= 0.3 is 0 Å². The molecule has 1 N–H and O–H groups in total. The number of aromatic nitrogens is 1. The zero-order valence-corrected chi connectivity index (χ0v) is 17.3. The molecule has 0 bridgehead atoms. The number of aldehydes is 1. The average Bonchev–Trinajstić information content (AvgIpc) is 3.33. The zero-order chi connectivity index (χ0) is 21.3. The van der Waals surface area contributed by atoms with Crippen LogP contribution >= 0.6 is 11.3 Å². The number of fused-ring (bicyclic) bond motifs is 2. The number of rotatable bonds is 2. The quantitative estimate of drug-likeness (QED) is 0.615. The lowest BCUT2D eigenvalue weighted by Gasteiger charge is -2.28. The van der Waals surface area contributed by atoms with E-state index < -0.39 is 5.92 Å². The first-order valence-electron chi connectivity index (χ1n) is 9.68. The number of hydrogen-bond donors (Lipinski definition) is 1. The number of piperidine rings is 1. The smallest absolute Gasteiger partial charge is 0.270 e. The molecule has 0 saturated carbocycles. The van der Waals surface area contributed by atoms with E-state index >= 15 is 0 Å². The molecule has 8 heteroatoms. The highest BCUT2D eigenvalue weighted by atomic mass is 32.1. The summed E-state index contributed by atoms with van der Waals surface area (Å²) in [4.78, 5) is 29.4. The second-order valence-electron chi connectivity index (χ2n) is 7.56. The third kappa shape index (κ3) is 4.24. The first-order chi connectivity index (χ1) is 14.4. The Morgan fingerprint density at radius 1 is 1.23 bits per heavy atom. The van der Waals surface area contributed by atoms with E-state index in [1.165, 1.54) is 11.3 Å². The van der Waals surface area contributed by atoms with E-state index in [1.807, 2.05) is 42.3 Å². The Balaban J connectivity index is 0.000000204. The second-order valence-corrected chi connectivity index (χ2v) is 8.65. The van der Waals surface area contributed by atoms with Gasteiger partial charge in [0, 0.05) is 60.1 Å². The Bertz CT molecular complexity index is 1100. The molecule has 2 aromatic heterocycles. The number of nitrogens with one attached hydrogen (secondary N) is 1. The Kier molecular flexibility index (Phi) is 5.62. The molecular weight excluding hydrogens is 408 g/mol. The maximum atomic E-state index is 12.4. The molecule has 1 saturated heterocycles. The molecule has 2 aliphatic heterocycles. The number of alkyl halides is 2. The fraction of sp³-hybridized carbons (Fsp3) is 0.318. The van der Waals surface area contributed by atoms with Crippen molar-refractivity contribution in [2.75, 3.05) is 20.1 Å². The summed E-state index contributed by atoms with van der Waals surface area (Å²) in [6.45, 7) is 1.59. The fourth-order valence-electron chi connectivity index (χ4n) is 3.57. The molecule has 3 aromatic rings. The molecule has 5 nitrogen and oxygen atoms in total. The highest BCUT2D eigenvalue weighted by Crippen LogP contribution is 2.35. The van der Waals surface area contributed by atoms with Crippen molar-refractivity contribution in [2.45, 2.75) is 25.3 Å². The minimum Gasteiger partial charge on any atom is -0.347 e. The topological polar surface area (TPSA) is 62.3 Å². The number of benzene rings is 1. The van der Waals surface area contributed by atoms with Gasteiger partial charge in [-0.15, -0.1) is 11.3 Å². The van der Waals surface area contributed by atoms with Crippen LogP contribution in [-0.4, -0.2) is 48.1 Å². The van der Waals surface area contributed by atoms with Gasteiger partial charge in [-0.1, -0.05) is 18.2 Å². The van der Waals surface area contributed by atoms with Gasteiger partial charge in [0.25, 0.3) is 11.8 Å². The van der Waals surface area contributed by atoms with Crippen LogP contribution in [0.3, 0.4) is 0 Å². The number of likely N-dealkylation sites (tertiary alicyclic amines) is 1. The molecule has 5 rings (SSSR count). The number of amides is 1. The van der Waals surface area contributed by atoms with Crippen molar-refractivity contribution in [2.24, 2.45) is 0 Å². The van der Waals surface area contributed by atoms with Gasteiger partial charge in [-0.25, -0.2) is 8.78 Å². The molecule has 0 atom stereocenters. The highest BCUT2D eigenvalue weighted by molar-refractivity contribution is 7.21. The lowest BCUT2D eigenvalue weighted by molar-refractivity contribution is -0.0504. The summed E-state index contributed by atoms with van der Waals surface area (Å²) in [5.74, 6) is -2.50. The van der Waals surface area contributed by atoms with E-state index in [2.05, 4.69) is 10.3 Å². The number of pyridine rings is 1. The molecular formula is C22H21F2N3O2S. The maximum Gasteiger partial charge on any atom is 0.270 e. The number of halogens is 2. The SMILES string of the molecule is CN1CCC(F)(F)CC1.O=Cc1cc2cccc(-c3cnc4c(c3)CNC4=O)c2s1. The molecule has 0 radical (unpaired) electrons. The van der Waals surface area contributed by atoms with Gasteiger partial charge < -0.3 is 10.2 Å². The molecule has 1 aromatic carbocycles. The minimum atomic E-state index is -2.38. The summed E-state index contributed by atoms with van der Waals surface area (Å²) in [7, 11) is 1.87. The molecule has 2 aliphatic rings. The number of hydrogen-bond acceptors (Lipinski definition) is 5. The first-order valence-corrected chi connectivity index (χ1v) is 10.5. The largest absolute Gasteiger partial charge is 0.347 e. The van der Waals surface area contributed by atoms with Gasteiger partial charge in [0.2, 0.25) is 0 Å². The molecule has 0 spiro atoms. The number of nitrogens with zero attached hydrogens (tertiary/aromatic N) is 2. The third-order valence-electron chi connectivity index (χ3n) is 5.33. The maximum absolute atomic E-state index is 12.4. The number of carbonyl (C=O) groups excluding carboxylic acids is 2. The Labute approximate surface area is 176 Å².